The molecule has 1 aromatic rings. The first-order chi connectivity index (χ1) is 9.59. The van der Waals surface area contributed by atoms with Crippen molar-refractivity contribution in [3.63, 3.8) is 0 Å². The fourth-order valence-electron chi connectivity index (χ4n) is 2.77. The molecule has 21 heavy (non-hydrogen) atoms. The molecule has 6 heteroatoms. The Morgan fingerprint density at radius 3 is 2.43 bits per heavy atom. The standard InChI is InChI=1S/C15H20F3NO2/c1-14(2)8-12(15(3,4)21-14)19-9-5-6-11(10(16)7-9)20-13(17)18/h5-7,12-13,19H,8H2,1-4H3. The summed E-state index contributed by atoms with van der Waals surface area (Å²) in [6.07, 6.45) is 0.761. The summed E-state index contributed by atoms with van der Waals surface area (Å²) in [6, 6.07) is 3.85. The highest BCUT2D eigenvalue weighted by Gasteiger charge is 2.45. The van der Waals surface area contributed by atoms with Gasteiger partial charge >= 0.3 is 6.61 Å². The Kier molecular flexibility index (Phi) is 4.10. The van der Waals surface area contributed by atoms with E-state index in [2.05, 4.69) is 10.1 Å². The van der Waals surface area contributed by atoms with Crippen LogP contribution in [0.2, 0.25) is 0 Å². The van der Waals surface area contributed by atoms with Crippen molar-refractivity contribution in [3.05, 3.63) is 24.0 Å². The molecule has 1 atom stereocenters. The molecule has 0 spiro atoms. The van der Waals surface area contributed by atoms with Gasteiger partial charge in [0.1, 0.15) is 0 Å². The van der Waals surface area contributed by atoms with Crippen LogP contribution in [0.25, 0.3) is 0 Å². The van der Waals surface area contributed by atoms with Crippen LogP contribution in [0.3, 0.4) is 0 Å². The van der Waals surface area contributed by atoms with Gasteiger partial charge < -0.3 is 14.8 Å². The van der Waals surface area contributed by atoms with E-state index in [9.17, 15) is 13.2 Å². The van der Waals surface area contributed by atoms with Crippen molar-refractivity contribution in [2.24, 2.45) is 0 Å². The SMILES string of the molecule is CC1(C)CC(Nc2ccc(OC(F)F)c(F)c2)C(C)(C)O1. The van der Waals surface area contributed by atoms with Crippen LogP contribution >= 0.6 is 0 Å². The highest BCUT2D eigenvalue weighted by Crippen LogP contribution is 2.39. The van der Waals surface area contributed by atoms with Gasteiger partial charge in [0.15, 0.2) is 11.6 Å². The van der Waals surface area contributed by atoms with Gasteiger partial charge in [-0.25, -0.2) is 4.39 Å². The summed E-state index contributed by atoms with van der Waals surface area (Å²) < 4.78 is 47.9. The molecular weight excluding hydrogens is 283 g/mol. The monoisotopic (exact) mass is 303 g/mol. The predicted molar refractivity (Wildman–Crippen MR) is 74.3 cm³/mol. The van der Waals surface area contributed by atoms with Gasteiger partial charge in [-0.3, -0.25) is 0 Å². The molecule has 1 N–H and O–H groups in total. The molecule has 1 heterocycles. The molecule has 3 nitrogen and oxygen atoms in total. The Morgan fingerprint density at radius 2 is 1.95 bits per heavy atom. The number of ether oxygens (including phenoxy) is 2. The summed E-state index contributed by atoms with van der Waals surface area (Å²) in [5, 5.41) is 3.20. The van der Waals surface area contributed by atoms with Crippen LogP contribution in [0.5, 0.6) is 5.75 Å². The van der Waals surface area contributed by atoms with Crippen molar-refractivity contribution < 1.29 is 22.6 Å². The Balaban J connectivity index is 2.12. The maximum Gasteiger partial charge on any atom is 0.387 e. The summed E-state index contributed by atoms with van der Waals surface area (Å²) >= 11 is 0. The molecule has 0 radical (unpaired) electrons. The molecule has 0 aromatic heterocycles. The second-order valence-electron chi connectivity index (χ2n) is 6.39. The molecular formula is C15H20F3NO2. The van der Waals surface area contributed by atoms with Gasteiger partial charge in [-0.15, -0.1) is 0 Å². The minimum Gasteiger partial charge on any atom is -0.432 e. The van der Waals surface area contributed by atoms with E-state index < -0.39 is 23.8 Å². The van der Waals surface area contributed by atoms with Crippen LogP contribution in [0.4, 0.5) is 18.9 Å². The number of hydrogen-bond donors (Lipinski definition) is 1. The van der Waals surface area contributed by atoms with Crippen molar-refractivity contribution in [1.82, 2.24) is 0 Å². The number of anilines is 1. The highest BCUT2D eigenvalue weighted by molar-refractivity contribution is 5.48. The van der Waals surface area contributed by atoms with Gasteiger partial charge in [0.05, 0.1) is 17.2 Å². The molecule has 1 aromatic carbocycles. The zero-order chi connectivity index (χ0) is 15.8. The van der Waals surface area contributed by atoms with Crippen molar-refractivity contribution >= 4 is 5.69 Å². The molecule has 0 bridgehead atoms. The van der Waals surface area contributed by atoms with Crippen LogP contribution in [0.1, 0.15) is 34.1 Å². The van der Waals surface area contributed by atoms with E-state index in [0.29, 0.717) is 5.69 Å². The summed E-state index contributed by atoms with van der Waals surface area (Å²) in [5.74, 6) is -1.28. The van der Waals surface area contributed by atoms with E-state index in [1.165, 1.54) is 12.1 Å². The Labute approximate surface area is 122 Å². The number of rotatable bonds is 4. The summed E-state index contributed by atoms with van der Waals surface area (Å²) in [6.45, 7) is 4.88. The lowest BCUT2D eigenvalue weighted by atomic mass is 9.94. The normalized spacial score (nSPS) is 23.3. The Morgan fingerprint density at radius 1 is 1.29 bits per heavy atom. The van der Waals surface area contributed by atoms with E-state index in [-0.39, 0.29) is 11.6 Å². The number of hydrogen-bond acceptors (Lipinski definition) is 3. The smallest absolute Gasteiger partial charge is 0.387 e. The van der Waals surface area contributed by atoms with E-state index in [1.54, 1.807) is 0 Å². The zero-order valence-electron chi connectivity index (χ0n) is 12.5. The van der Waals surface area contributed by atoms with Crippen LogP contribution in [-0.4, -0.2) is 23.9 Å². The lowest BCUT2D eigenvalue weighted by Gasteiger charge is -2.28. The van der Waals surface area contributed by atoms with E-state index in [1.807, 2.05) is 27.7 Å². The maximum absolute atomic E-state index is 13.7. The third kappa shape index (κ3) is 3.81. The first-order valence-corrected chi connectivity index (χ1v) is 6.80. The third-order valence-corrected chi connectivity index (χ3v) is 3.56. The van der Waals surface area contributed by atoms with Gasteiger partial charge in [0.2, 0.25) is 0 Å². The molecule has 118 valence electrons. The molecule has 1 unspecified atom stereocenters. The fraction of sp³-hybridized carbons (Fsp3) is 0.600. The molecule has 1 aliphatic heterocycles. The molecule has 0 amide bonds. The van der Waals surface area contributed by atoms with Crippen molar-refractivity contribution in [2.45, 2.75) is 58.0 Å². The minimum atomic E-state index is -3.04. The number of benzene rings is 1. The molecule has 1 fully saturated rings. The predicted octanol–water partition coefficient (Wildman–Crippen LogP) is 4.19. The summed E-state index contributed by atoms with van der Waals surface area (Å²) in [7, 11) is 0. The van der Waals surface area contributed by atoms with Crippen molar-refractivity contribution in [2.75, 3.05) is 5.32 Å². The average molecular weight is 303 g/mol. The van der Waals surface area contributed by atoms with Crippen LogP contribution in [0.15, 0.2) is 18.2 Å². The number of alkyl halides is 2. The summed E-state index contributed by atoms with van der Waals surface area (Å²) in [4.78, 5) is 0. The molecule has 1 aliphatic rings. The molecule has 1 saturated heterocycles. The minimum absolute atomic E-state index is 0.00577. The fourth-order valence-corrected chi connectivity index (χ4v) is 2.77. The Bertz CT molecular complexity index is 518. The molecule has 2 rings (SSSR count). The van der Waals surface area contributed by atoms with Gasteiger partial charge in [0.25, 0.3) is 0 Å². The van der Waals surface area contributed by atoms with Gasteiger partial charge in [-0.2, -0.15) is 8.78 Å². The first-order valence-electron chi connectivity index (χ1n) is 6.80. The van der Waals surface area contributed by atoms with E-state index in [0.717, 1.165) is 12.5 Å². The van der Waals surface area contributed by atoms with Gasteiger partial charge in [-0.05, 0) is 46.2 Å². The maximum atomic E-state index is 13.7. The van der Waals surface area contributed by atoms with Crippen LogP contribution in [0, 0.1) is 5.82 Å². The van der Waals surface area contributed by atoms with Crippen molar-refractivity contribution in [1.29, 1.82) is 0 Å². The topological polar surface area (TPSA) is 30.5 Å². The highest BCUT2D eigenvalue weighted by atomic mass is 19.3. The first kappa shape index (κ1) is 15.9. The second kappa shape index (κ2) is 5.40. The third-order valence-electron chi connectivity index (χ3n) is 3.56. The van der Waals surface area contributed by atoms with Crippen LogP contribution in [-0.2, 0) is 4.74 Å². The van der Waals surface area contributed by atoms with Crippen molar-refractivity contribution in [3.8, 4) is 5.75 Å². The zero-order valence-corrected chi connectivity index (χ0v) is 12.5. The molecule has 0 saturated carbocycles. The number of nitrogens with one attached hydrogen (secondary N) is 1. The largest absolute Gasteiger partial charge is 0.432 e. The van der Waals surface area contributed by atoms with Gasteiger partial charge in [0, 0.05) is 11.8 Å². The van der Waals surface area contributed by atoms with E-state index in [4.69, 9.17) is 4.74 Å². The quantitative estimate of drug-likeness (QED) is 0.905. The lowest BCUT2D eigenvalue weighted by Crippen LogP contribution is -2.38. The number of halogens is 3. The second-order valence-corrected chi connectivity index (χ2v) is 6.39. The van der Waals surface area contributed by atoms with E-state index >= 15 is 0 Å². The molecule has 0 aliphatic carbocycles. The average Bonchev–Trinajstić information content (AvgIpc) is 2.50. The lowest BCUT2D eigenvalue weighted by molar-refractivity contribution is -0.0662. The summed E-state index contributed by atoms with van der Waals surface area (Å²) in [5.41, 5.74) is -0.162. The van der Waals surface area contributed by atoms with Crippen LogP contribution < -0.4 is 10.1 Å². The Hall–Kier alpha value is -1.43. The van der Waals surface area contributed by atoms with Gasteiger partial charge in [-0.1, -0.05) is 0 Å².